The molecule has 222 valence electrons. The van der Waals surface area contributed by atoms with E-state index in [0.717, 1.165) is 40.9 Å². The van der Waals surface area contributed by atoms with Crippen molar-refractivity contribution in [1.82, 2.24) is 10.2 Å². The summed E-state index contributed by atoms with van der Waals surface area (Å²) in [5.74, 6) is -0.386. The molecule has 2 amide bonds. The number of benzene rings is 2. The van der Waals surface area contributed by atoms with Gasteiger partial charge in [0.15, 0.2) is 0 Å². The Kier molecular flexibility index (Phi) is 11.7. The Morgan fingerprint density at radius 2 is 1.76 bits per heavy atom. The van der Waals surface area contributed by atoms with E-state index in [-0.39, 0.29) is 18.9 Å². The Hall–Kier alpha value is -3.42. The van der Waals surface area contributed by atoms with Gasteiger partial charge in [-0.2, -0.15) is 0 Å². The van der Waals surface area contributed by atoms with Gasteiger partial charge in [-0.15, -0.1) is 0 Å². The van der Waals surface area contributed by atoms with E-state index in [9.17, 15) is 14.7 Å². The van der Waals surface area contributed by atoms with Crippen molar-refractivity contribution in [3.63, 3.8) is 0 Å². The van der Waals surface area contributed by atoms with Gasteiger partial charge in [0.05, 0.1) is 18.6 Å². The molecule has 4 N–H and O–H groups in total. The van der Waals surface area contributed by atoms with Crippen LogP contribution in [-0.4, -0.2) is 54.7 Å². The standard InChI is InChI=1S/C34H47N3O4/c1-6-15-37(16-7-2)32(39)28-17-25(4)20-34(21-28,33(35)40)30(19-26-13-11-24(3)12-14-26)31(38)23-36-22-27-9-8-10-29(18-27)41-5/h8-14,17-18,20,30-31,36,38H,6-7,15-16,19,21-23H2,1-5H3,(H2,35,40)/t30-,31+,34?/m1/s1. The van der Waals surface area contributed by atoms with Gasteiger partial charge in [0.1, 0.15) is 5.75 Å². The highest BCUT2D eigenvalue weighted by Gasteiger charge is 2.48. The number of hydrogen-bond acceptors (Lipinski definition) is 5. The number of rotatable bonds is 15. The summed E-state index contributed by atoms with van der Waals surface area (Å²) in [6.45, 7) is 10.1. The third kappa shape index (κ3) is 8.30. The topological polar surface area (TPSA) is 105 Å². The van der Waals surface area contributed by atoms with Gasteiger partial charge in [-0.25, -0.2) is 0 Å². The molecule has 0 bridgehead atoms. The number of nitrogens with one attached hydrogen (secondary N) is 1. The van der Waals surface area contributed by atoms with E-state index in [1.165, 1.54) is 0 Å². The fourth-order valence-corrected chi connectivity index (χ4v) is 5.84. The lowest BCUT2D eigenvalue weighted by atomic mass is 9.63. The second-order valence-electron chi connectivity index (χ2n) is 11.3. The van der Waals surface area contributed by atoms with Crippen LogP contribution >= 0.6 is 0 Å². The minimum atomic E-state index is -1.23. The monoisotopic (exact) mass is 561 g/mol. The van der Waals surface area contributed by atoms with Crippen LogP contribution in [-0.2, 0) is 22.6 Å². The number of primary amides is 1. The largest absolute Gasteiger partial charge is 0.497 e. The molecular formula is C34H47N3O4. The first-order valence-corrected chi connectivity index (χ1v) is 14.7. The summed E-state index contributed by atoms with van der Waals surface area (Å²) in [7, 11) is 1.63. The number of amides is 2. The number of carbonyl (C=O) groups is 2. The summed E-state index contributed by atoms with van der Waals surface area (Å²) >= 11 is 0. The van der Waals surface area contributed by atoms with Gasteiger partial charge in [-0.1, -0.05) is 73.5 Å². The molecule has 0 aliphatic heterocycles. The van der Waals surface area contributed by atoms with E-state index < -0.39 is 23.3 Å². The molecule has 0 fully saturated rings. The first-order chi connectivity index (χ1) is 19.6. The maximum Gasteiger partial charge on any atom is 0.249 e. The third-order valence-corrected chi connectivity index (χ3v) is 7.90. The minimum Gasteiger partial charge on any atom is -0.497 e. The molecule has 0 radical (unpaired) electrons. The fraction of sp³-hybridized carbons (Fsp3) is 0.471. The van der Waals surface area contributed by atoms with E-state index in [1.807, 2.05) is 79.4 Å². The Morgan fingerprint density at radius 3 is 2.37 bits per heavy atom. The van der Waals surface area contributed by atoms with Crippen LogP contribution in [0.3, 0.4) is 0 Å². The summed E-state index contributed by atoms with van der Waals surface area (Å²) in [5.41, 5.74) is 9.50. The van der Waals surface area contributed by atoms with Crippen molar-refractivity contribution >= 4 is 11.8 Å². The van der Waals surface area contributed by atoms with Crippen molar-refractivity contribution < 1.29 is 19.4 Å². The molecule has 41 heavy (non-hydrogen) atoms. The number of methoxy groups -OCH3 is 1. The number of aliphatic hydroxyl groups is 1. The lowest BCUT2D eigenvalue weighted by molar-refractivity contribution is -0.132. The number of aryl methyl sites for hydroxylation is 1. The molecule has 2 aromatic carbocycles. The first kappa shape index (κ1) is 32.1. The Balaban J connectivity index is 1.94. The number of hydrogen-bond donors (Lipinski definition) is 3. The number of nitrogens with two attached hydrogens (primary N) is 1. The van der Waals surface area contributed by atoms with Crippen LogP contribution in [0.4, 0.5) is 0 Å². The molecule has 3 rings (SSSR count). The van der Waals surface area contributed by atoms with Crippen LogP contribution in [0, 0.1) is 18.3 Å². The van der Waals surface area contributed by atoms with Crippen LogP contribution < -0.4 is 15.8 Å². The number of carbonyl (C=O) groups excluding carboxylic acids is 2. The Morgan fingerprint density at radius 1 is 1.07 bits per heavy atom. The van der Waals surface area contributed by atoms with Crippen molar-refractivity contribution in [2.75, 3.05) is 26.7 Å². The van der Waals surface area contributed by atoms with E-state index in [4.69, 9.17) is 10.5 Å². The van der Waals surface area contributed by atoms with Gasteiger partial charge >= 0.3 is 0 Å². The number of ether oxygens (including phenoxy) is 1. The highest BCUT2D eigenvalue weighted by Crippen LogP contribution is 2.44. The molecule has 0 saturated carbocycles. The second kappa shape index (κ2) is 15.0. The molecule has 0 aromatic heterocycles. The maximum atomic E-state index is 13.7. The van der Waals surface area contributed by atoms with E-state index in [2.05, 4.69) is 19.2 Å². The van der Waals surface area contributed by atoms with E-state index >= 15 is 0 Å². The highest BCUT2D eigenvalue weighted by molar-refractivity contribution is 5.96. The molecule has 1 aliphatic carbocycles. The Bertz CT molecular complexity index is 1230. The number of aliphatic hydroxyl groups excluding tert-OH is 1. The molecule has 0 heterocycles. The quantitative estimate of drug-likeness (QED) is 0.292. The molecule has 3 atom stereocenters. The predicted molar refractivity (Wildman–Crippen MR) is 164 cm³/mol. The third-order valence-electron chi connectivity index (χ3n) is 7.90. The SMILES string of the molecule is CCCN(CCC)C(=O)C1=CC(C)=CC(C(N)=O)([C@H](Cc2ccc(C)cc2)[C@@H](O)CNCc2cccc(OC)c2)C1. The van der Waals surface area contributed by atoms with E-state index in [1.54, 1.807) is 7.11 Å². The van der Waals surface area contributed by atoms with Crippen molar-refractivity contribution in [3.05, 3.63) is 88.5 Å². The normalized spacial score (nSPS) is 18.2. The second-order valence-corrected chi connectivity index (χ2v) is 11.3. The van der Waals surface area contributed by atoms with Crippen molar-refractivity contribution in [3.8, 4) is 5.75 Å². The lowest BCUT2D eigenvalue weighted by Crippen LogP contribution is -2.51. The smallest absolute Gasteiger partial charge is 0.249 e. The van der Waals surface area contributed by atoms with Crippen molar-refractivity contribution in [2.24, 2.45) is 17.1 Å². The van der Waals surface area contributed by atoms with Crippen LogP contribution in [0.5, 0.6) is 5.75 Å². The minimum absolute atomic E-state index is 0.0634. The molecule has 0 saturated heterocycles. The fourth-order valence-electron chi connectivity index (χ4n) is 5.84. The highest BCUT2D eigenvalue weighted by atomic mass is 16.5. The Labute approximate surface area is 245 Å². The van der Waals surface area contributed by atoms with Crippen LogP contribution in [0.1, 0.15) is 56.7 Å². The van der Waals surface area contributed by atoms with Crippen LogP contribution in [0.15, 0.2) is 71.8 Å². The summed E-state index contributed by atoms with van der Waals surface area (Å²) in [5, 5.41) is 15.1. The molecule has 0 spiro atoms. The van der Waals surface area contributed by atoms with Crippen molar-refractivity contribution in [1.29, 1.82) is 0 Å². The summed E-state index contributed by atoms with van der Waals surface area (Å²) < 4.78 is 5.33. The van der Waals surface area contributed by atoms with Crippen molar-refractivity contribution in [2.45, 2.75) is 66.0 Å². The molecule has 2 aromatic rings. The van der Waals surface area contributed by atoms with Gasteiger partial charge in [0.25, 0.3) is 0 Å². The predicted octanol–water partition coefficient (Wildman–Crippen LogP) is 4.71. The lowest BCUT2D eigenvalue weighted by Gasteiger charge is -2.42. The number of allylic oxidation sites excluding steroid dienone is 2. The molecular weight excluding hydrogens is 514 g/mol. The zero-order valence-electron chi connectivity index (χ0n) is 25.3. The number of nitrogens with zero attached hydrogens (tertiary/aromatic N) is 1. The average molecular weight is 562 g/mol. The zero-order valence-corrected chi connectivity index (χ0v) is 25.3. The van der Waals surface area contributed by atoms with E-state index in [0.29, 0.717) is 31.6 Å². The first-order valence-electron chi connectivity index (χ1n) is 14.7. The molecule has 1 unspecified atom stereocenters. The van der Waals surface area contributed by atoms with Crippen LogP contribution in [0.2, 0.25) is 0 Å². The van der Waals surface area contributed by atoms with Gasteiger partial charge in [-0.3, -0.25) is 9.59 Å². The van der Waals surface area contributed by atoms with Gasteiger partial charge < -0.3 is 25.8 Å². The zero-order chi connectivity index (χ0) is 30.0. The summed E-state index contributed by atoms with van der Waals surface area (Å²) in [6, 6.07) is 15.9. The summed E-state index contributed by atoms with van der Waals surface area (Å²) in [4.78, 5) is 29.0. The molecule has 1 aliphatic rings. The van der Waals surface area contributed by atoms with Gasteiger partial charge in [-0.05, 0) is 62.8 Å². The molecule has 7 nitrogen and oxygen atoms in total. The maximum absolute atomic E-state index is 13.7. The summed E-state index contributed by atoms with van der Waals surface area (Å²) in [6.07, 6.45) is 5.13. The van der Waals surface area contributed by atoms with Gasteiger partial charge in [0, 0.05) is 37.7 Å². The molecule has 7 heteroatoms. The average Bonchev–Trinajstić information content (AvgIpc) is 2.95. The van der Waals surface area contributed by atoms with Crippen LogP contribution in [0.25, 0.3) is 0 Å². The van der Waals surface area contributed by atoms with Gasteiger partial charge in [0.2, 0.25) is 11.8 Å².